The molecule has 2 aromatic rings. The number of Topliss-reactive ketones (excluding diaryl/α,β-unsaturated/α-hetero) is 1. The Labute approximate surface area is 142 Å². The van der Waals surface area contributed by atoms with Crippen LogP contribution in [0, 0.1) is 11.8 Å². The van der Waals surface area contributed by atoms with Crippen molar-refractivity contribution in [2.45, 2.75) is 26.2 Å². The van der Waals surface area contributed by atoms with Crippen LogP contribution >= 0.6 is 0 Å². The number of rotatable bonds is 5. The van der Waals surface area contributed by atoms with Gasteiger partial charge in [-0.1, -0.05) is 43.3 Å². The molecule has 1 N–H and O–H groups in total. The van der Waals surface area contributed by atoms with Crippen molar-refractivity contribution in [3.8, 4) is 5.75 Å². The van der Waals surface area contributed by atoms with E-state index in [2.05, 4.69) is 17.4 Å². The number of hydrogen-bond donors (Lipinski definition) is 1. The minimum atomic E-state index is -0.0461. The van der Waals surface area contributed by atoms with Crippen LogP contribution in [0.1, 0.15) is 26.2 Å². The van der Waals surface area contributed by atoms with Crippen LogP contribution < -0.4 is 10.1 Å². The SMILES string of the molecule is C[C@@H]1C[C@H](C(=O)NCCOc2cccc3ccccc23)CCC1=O. The standard InChI is InChI=1S/C20H23NO3/c1-14-13-16(9-10-18(14)22)20(23)21-11-12-24-19-8-4-6-15-5-2-3-7-17(15)19/h2-8,14,16H,9-13H2,1H3,(H,21,23)/t14-,16-/m1/s1. The normalized spacial score (nSPS) is 20.8. The zero-order chi connectivity index (χ0) is 16.9. The number of carbonyl (C=O) groups excluding carboxylic acids is 2. The Kier molecular flexibility index (Phi) is 5.14. The first-order chi connectivity index (χ1) is 11.6. The number of hydrogen-bond acceptors (Lipinski definition) is 3. The molecule has 1 fully saturated rings. The maximum Gasteiger partial charge on any atom is 0.223 e. The molecule has 2 aromatic carbocycles. The Balaban J connectivity index is 1.48. The Morgan fingerprint density at radius 3 is 2.83 bits per heavy atom. The number of amides is 1. The van der Waals surface area contributed by atoms with Crippen LogP contribution in [0.2, 0.25) is 0 Å². The minimum absolute atomic E-state index is 0.00133. The van der Waals surface area contributed by atoms with Crippen LogP contribution in [0.15, 0.2) is 42.5 Å². The van der Waals surface area contributed by atoms with Gasteiger partial charge in [-0.15, -0.1) is 0 Å². The third-order valence-electron chi connectivity index (χ3n) is 4.71. The Bertz CT molecular complexity index is 735. The Morgan fingerprint density at radius 2 is 2.00 bits per heavy atom. The van der Waals surface area contributed by atoms with Crippen molar-refractivity contribution in [1.29, 1.82) is 0 Å². The van der Waals surface area contributed by atoms with Crippen molar-refractivity contribution in [3.63, 3.8) is 0 Å². The first-order valence-corrected chi connectivity index (χ1v) is 8.56. The Morgan fingerprint density at radius 1 is 1.21 bits per heavy atom. The summed E-state index contributed by atoms with van der Waals surface area (Å²) in [5, 5.41) is 5.14. The van der Waals surface area contributed by atoms with Crippen molar-refractivity contribution in [3.05, 3.63) is 42.5 Å². The summed E-state index contributed by atoms with van der Waals surface area (Å²) >= 11 is 0. The molecular formula is C20H23NO3. The molecule has 0 aliphatic heterocycles. The van der Waals surface area contributed by atoms with Gasteiger partial charge in [0.05, 0.1) is 6.54 Å². The van der Waals surface area contributed by atoms with E-state index in [0.717, 1.165) is 16.5 Å². The van der Waals surface area contributed by atoms with Crippen LogP contribution in [0.4, 0.5) is 0 Å². The number of benzene rings is 2. The highest BCUT2D eigenvalue weighted by Crippen LogP contribution is 2.26. The van der Waals surface area contributed by atoms with Crippen LogP contribution in [-0.2, 0) is 9.59 Å². The molecule has 2 atom stereocenters. The lowest BCUT2D eigenvalue weighted by molar-refractivity contribution is -0.131. The summed E-state index contributed by atoms with van der Waals surface area (Å²) in [6, 6.07) is 14.0. The monoisotopic (exact) mass is 325 g/mol. The second-order valence-corrected chi connectivity index (χ2v) is 6.46. The van der Waals surface area contributed by atoms with Gasteiger partial charge in [0.15, 0.2) is 0 Å². The van der Waals surface area contributed by atoms with E-state index < -0.39 is 0 Å². The topological polar surface area (TPSA) is 55.4 Å². The van der Waals surface area contributed by atoms with Gasteiger partial charge in [0.2, 0.25) is 5.91 Å². The third-order valence-corrected chi connectivity index (χ3v) is 4.71. The average molecular weight is 325 g/mol. The summed E-state index contributed by atoms with van der Waals surface area (Å²) in [6.07, 6.45) is 1.85. The molecule has 0 aromatic heterocycles. The summed E-state index contributed by atoms with van der Waals surface area (Å²) in [7, 11) is 0. The lowest BCUT2D eigenvalue weighted by atomic mass is 9.81. The van der Waals surface area contributed by atoms with Gasteiger partial charge in [-0.3, -0.25) is 9.59 Å². The summed E-state index contributed by atoms with van der Waals surface area (Å²) in [6.45, 7) is 2.81. The van der Waals surface area contributed by atoms with Gasteiger partial charge in [0.25, 0.3) is 0 Å². The zero-order valence-corrected chi connectivity index (χ0v) is 14.0. The largest absolute Gasteiger partial charge is 0.491 e. The zero-order valence-electron chi connectivity index (χ0n) is 14.0. The van der Waals surface area contributed by atoms with Crippen molar-refractivity contribution < 1.29 is 14.3 Å². The number of nitrogens with one attached hydrogen (secondary N) is 1. The molecule has 0 heterocycles. The van der Waals surface area contributed by atoms with Gasteiger partial charge >= 0.3 is 0 Å². The smallest absolute Gasteiger partial charge is 0.223 e. The van der Waals surface area contributed by atoms with E-state index in [1.165, 1.54) is 0 Å². The molecule has 0 bridgehead atoms. The fourth-order valence-electron chi connectivity index (χ4n) is 3.28. The molecule has 4 heteroatoms. The van der Waals surface area contributed by atoms with E-state index in [9.17, 15) is 9.59 Å². The van der Waals surface area contributed by atoms with E-state index in [4.69, 9.17) is 4.74 Å². The highest BCUT2D eigenvalue weighted by atomic mass is 16.5. The molecule has 24 heavy (non-hydrogen) atoms. The van der Waals surface area contributed by atoms with Gasteiger partial charge in [0, 0.05) is 23.6 Å². The van der Waals surface area contributed by atoms with E-state index in [1.54, 1.807) is 0 Å². The lowest BCUT2D eigenvalue weighted by Crippen LogP contribution is -2.37. The molecule has 1 saturated carbocycles. The summed E-state index contributed by atoms with van der Waals surface area (Å²) < 4.78 is 5.83. The summed E-state index contributed by atoms with van der Waals surface area (Å²) in [4.78, 5) is 23.7. The van der Waals surface area contributed by atoms with E-state index in [1.807, 2.05) is 37.3 Å². The average Bonchev–Trinajstić information content (AvgIpc) is 2.61. The number of fused-ring (bicyclic) bond motifs is 1. The minimum Gasteiger partial charge on any atom is -0.491 e. The van der Waals surface area contributed by atoms with Crippen molar-refractivity contribution >= 4 is 22.5 Å². The Hall–Kier alpha value is -2.36. The molecule has 0 saturated heterocycles. The molecule has 3 rings (SSSR count). The van der Waals surface area contributed by atoms with Gasteiger partial charge < -0.3 is 10.1 Å². The first-order valence-electron chi connectivity index (χ1n) is 8.56. The van der Waals surface area contributed by atoms with Gasteiger partial charge in [-0.25, -0.2) is 0 Å². The molecule has 1 amide bonds. The first kappa shape index (κ1) is 16.5. The molecule has 0 spiro atoms. The van der Waals surface area contributed by atoms with E-state index >= 15 is 0 Å². The quantitative estimate of drug-likeness (QED) is 0.858. The molecule has 1 aliphatic carbocycles. The molecular weight excluding hydrogens is 302 g/mol. The van der Waals surface area contributed by atoms with E-state index in [0.29, 0.717) is 32.4 Å². The number of carbonyl (C=O) groups is 2. The third kappa shape index (κ3) is 3.75. The second kappa shape index (κ2) is 7.47. The van der Waals surface area contributed by atoms with Crippen LogP contribution in [-0.4, -0.2) is 24.8 Å². The molecule has 0 unspecified atom stereocenters. The van der Waals surface area contributed by atoms with Crippen molar-refractivity contribution in [1.82, 2.24) is 5.32 Å². The van der Waals surface area contributed by atoms with Crippen molar-refractivity contribution in [2.75, 3.05) is 13.2 Å². The van der Waals surface area contributed by atoms with Gasteiger partial charge in [0.1, 0.15) is 18.1 Å². The number of ketones is 1. The molecule has 1 aliphatic rings. The predicted molar refractivity (Wildman–Crippen MR) is 94.0 cm³/mol. The predicted octanol–water partition coefficient (Wildman–Crippen LogP) is 3.34. The summed E-state index contributed by atoms with van der Waals surface area (Å²) in [5.41, 5.74) is 0. The molecule has 126 valence electrons. The van der Waals surface area contributed by atoms with Crippen LogP contribution in [0.25, 0.3) is 10.8 Å². The highest BCUT2D eigenvalue weighted by Gasteiger charge is 2.29. The fourth-order valence-corrected chi connectivity index (χ4v) is 3.28. The number of ether oxygens (including phenoxy) is 1. The highest BCUT2D eigenvalue weighted by molar-refractivity contribution is 5.88. The van der Waals surface area contributed by atoms with Gasteiger partial charge in [-0.2, -0.15) is 0 Å². The van der Waals surface area contributed by atoms with E-state index in [-0.39, 0.29) is 23.5 Å². The van der Waals surface area contributed by atoms with Crippen LogP contribution in [0.5, 0.6) is 5.75 Å². The maximum atomic E-state index is 12.2. The molecule has 0 radical (unpaired) electrons. The molecule has 4 nitrogen and oxygen atoms in total. The summed E-state index contributed by atoms with van der Waals surface area (Å²) in [5.74, 6) is 1.10. The van der Waals surface area contributed by atoms with Gasteiger partial charge in [-0.05, 0) is 24.3 Å². The maximum absolute atomic E-state index is 12.2. The second-order valence-electron chi connectivity index (χ2n) is 6.46. The van der Waals surface area contributed by atoms with Crippen LogP contribution in [0.3, 0.4) is 0 Å². The van der Waals surface area contributed by atoms with Crippen molar-refractivity contribution in [2.24, 2.45) is 11.8 Å². The lowest BCUT2D eigenvalue weighted by Gasteiger charge is -2.24. The fraction of sp³-hybridized carbons (Fsp3) is 0.400.